The largest absolute Gasteiger partial charge is 0.338 e. The molecule has 172 valence electrons. The van der Waals surface area contributed by atoms with E-state index in [-0.39, 0.29) is 13.0 Å². The van der Waals surface area contributed by atoms with E-state index in [2.05, 4.69) is 32.0 Å². The van der Waals surface area contributed by atoms with Crippen LogP contribution < -0.4 is 5.56 Å². The number of piperidine rings is 1. The zero-order chi connectivity index (χ0) is 22.1. The van der Waals surface area contributed by atoms with Gasteiger partial charge in [-0.2, -0.15) is 8.42 Å². The van der Waals surface area contributed by atoms with E-state index in [1.165, 1.54) is 5.56 Å². The molecule has 0 aliphatic carbocycles. The van der Waals surface area contributed by atoms with Crippen molar-refractivity contribution >= 4 is 37.1 Å². The smallest absolute Gasteiger partial charge is 0.259 e. The number of imidazole rings is 1. The molecule has 0 unspecified atom stereocenters. The average Bonchev–Trinajstić information content (AvgIpc) is 3.22. The Morgan fingerprint density at radius 3 is 2.55 bits per heavy atom. The molecule has 1 aliphatic rings. The van der Waals surface area contributed by atoms with E-state index in [4.69, 9.17) is 0 Å². The first kappa shape index (κ1) is 22.9. The molecule has 1 saturated heterocycles. The van der Waals surface area contributed by atoms with Crippen LogP contribution in [0.4, 0.5) is 0 Å². The lowest BCUT2D eigenvalue weighted by Crippen LogP contribution is -2.35. The number of para-hydroxylation sites is 1. The average molecular weight is 465 g/mol. The summed E-state index contributed by atoms with van der Waals surface area (Å²) in [5.74, 6) is 0.570. The van der Waals surface area contributed by atoms with E-state index < -0.39 is 10.3 Å². The number of nitrogens with zero attached hydrogens (tertiary/aromatic N) is 2. The summed E-state index contributed by atoms with van der Waals surface area (Å²) in [6.07, 6.45) is 3.23. The molecule has 7 nitrogen and oxygen atoms in total. The summed E-state index contributed by atoms with van der Waals surface area (Å²) in [7, 11) is -2.03. The minimum absolute atomic E-state index is 0. The van der Waals surface area contributed by atoms with Gasteiger partial charge in [0.15, 0.2) is 0 Å². The van der Waals surface area contributed by atoms with Crippen LogP contribution in [0.1, 0.15) is 32.3 Å². The highest BCUT2D eigenvalue weighted by atomic mass is 32.2. The van der Waals surface area contributed by atoms with E-state index >= 15 is 0 Å². The molecule has 2 N–H and O–H groups in total. The zero-order valence-electron chi connectivity index (χ0n) is 17.6. The first-order valence-electron chi connectivity index (χ1n) is 10.8. The molecule has 0 bridgehead atoms. The number of aromatic nitrogens is 3. The van der Waals surface area contributed by atoms with Crippen LogP contribution >= 0.6 is 0 Å². The van der Waals surface area contributed by atoms with Crippen LogP contribution in [0, 0.1) is 0 Å². The molecule has 3 heterocycles. The third kappa shape index (κ3) is 4.91. The number of aromatic amines is 2. The van der Waals surface area contributed by atoms with Crippen molar-refractivity contribution in [2.45, 2.75) is 33.1 Å². The van der Waals surface area contributed by atoms with E-state index in [0.717, 1.165) is 54.4 Å². The maximum Gasteiger partial charge on any atom is 0.259 e. The molecule has 4 aromatic rings. The minimum Gasteiger partial charge on any atom is -0.338 e. The number of hydrogen-bond acceptors (Lipinski definition) is 5. The van der Waals surface area contributed by atoms with Gasteiger partial charge >= 0.3 is 0 Å². The van der Waals surface area contributed by atoms with Gasteiger partial charge in [0.05, 0.1) is 21.5 Å². The molecular weight excluding hydrogens is 436 g/mol. The maximum atomic E-state index is 12.6. The van der Waals surface area contributed by atoms with Gasteiger partial charge in [0.25, 0.3) is 5.56 Å². The summed E-state index contributed by atoms with van der Waals surface area (Å²) in [5.41, 5.74) is 4.14. The first-order valence-corrected chi connectivity index (χ1v) is 11.9. The van der Waals surface area contributed by atoms with Crippen LogP contribution in [0.25, 0.3) is 33.3 Å². The first-order chi connectivity index (χ1) is 15.6. The van der Waals surface area contributed by atoms with Crippen LogP contribution in [-0.4, -0.2) is 52.8 Å². The lowest BCUT2D eigenvalue weighted by atomic mass is 10.1. The Labute approximate surface area is 194 Å². The van der Waals surface area contributed by atoms with Gasteiger partial charge in [-0.15, -0.1) is 0 Å². The van der Waals surface area contributed by atoms with Gasteiger partial charge in [-0.25, -0.2) is 4.98 Å². The number of H-pyrrole nitrogens is 2. The summed E-state index contributed by atoms with van der Waals surface area (Å²) in [6.45, 7) is 2.58. The molecule has 1 fully saturated rings. The quantitative estimate of drug-likeness (QED) is 0.438. The van der Waals surface area contributed by atoms with Crippen molar-refractivity contribution in [3.8, 4) is 11.4 Å². The van der Waals surface area contributed by atoms with E-state index in [9.17, 15) is 13.2 Å². The van der Waals surface area contributed by atoms with Crippen LogP contribution in [0.3, 0.4) is 0 Å². The molecule has 0 amide bonds. The van der Waals surface area contributed by atoms with Crippen molar-refractivity contribution in [1.82, 2.24) is 19.9 Å². The summed E-state index contributed by atoms with van der Waals surface area (Å²) >= 11 is 0. The number of benzene rings is 2. The Morgan fingerprint density at radius 1 is 0.970 bits per heavy atom. The van der Waals surface area contributed by atoms with E-state index in [0.29, 0.717) is 29.1 Å². The normalized spacial score (nSPS) is 14.5. The van der Waals surface area contributed by atoms with Gasteiger partial charge in [0.1, 0.15) is 5.82 Å². The Morgan fingerprint density at radius 2 is 1.76 bits per heavy atom. The maximum absolute atomic E-state index is 12.6. The van der Waals surface area contributed by atoms with Gasteiger partial charge in [-0.3, -0.25) is 4.79 Å². The number of rotatable bonds is 5. The van der Waals surface area contributed by atoms with Crippen LogP contribution in [0.2, 0.25) is 0 Å². The van der Waals surface area contributed by atoms with Crippen molar-refractivity contribution in [3.05, 3.63) is 64.4 Å². The van der Waals surface area contributed by atoms with Crippen LogP contribution in [-0.2, 0) is 16.7 Å². The molecule has 0 spiro atoms. The molecule has 2 aromatic heterocycles. The van der Waals surface area contributed by atoms with Gasteiger partial charge in [-0.05, 0) is 67.4 Å². The number of fused-ring (bicyclic) bond motifs is 2. The molecule has 5 rings (SSSR count). The second-order valence-electron chi connectivity index (χ2n) is 8.25. The summed E-state index contributed by atoms with van der Waals surface area (Å²) in [6, 6.07) is 15.7. The zero-order valence-corrected chi connectivity index (χ0v) is 18.4. The van der Waals surface area contributed by atoms with Gasteiger partial charge < -0.3 is 14.9 Å². The molecule has 0 saturated carbocycles. The van der Waals surface area contributed by atoms with Gasteiger partial charge in [0, 0.05) is 18.6 Å². The minimum atomic E-state index is -2.03. The molecule has 0 radical (unpaired) electrons. The predicted molar refractivity (Wildman–Crippen MR) is 134 cm³/mol. The fraction of sp³-hybridized carbons (Fsp3) is 0.320. The number of likely N-dealkylation sites (tertiary alicyclic amines) is 1. The Balaban J connectivity index is 0.00000259. The molecular formula is C25H28N4O3S. The number of pyridine rings is 1. The van der Waals surface area contributed by atoms with Gasteiger partial charge in [-0.1, -0.05) is 31.7 Å². The molecule has 1 aliphatic heterocycles. The molecule has 0 atom stereocenters. The monoisotopic (exact) mass is 464 g/mol. The fourth-order valence-electron chi connectivity index (χ4n) is 4.36. The van der Waals surface area contributed by atoms with Crippen molar-refractivity contribution in [3.63, 3.8) is 0 Å². The predicted octanol–water partition coefficient (Wildman–Crippen LogP) is 3.79. The van der Waals surface area contributed by atoms with E-state index in [1.54, 1.807) is 0 Å². The van der Waals surface area contributed by atoms with Crippen molar-refractivity contribution in [2.75, 3.05) is 19.6 Å². The number of aryl methyl sites for hydroxylation is 1. The number of hydrogen-bond donors (Lipinski definition) is 2. The van der Waals surface area contributed by atoms with Crippen LogP contribution in [0.5, 0.6) is 0 Å². The highest BCUT2D eigenvalue weighted by molar-refractivity contribution is 7.73. The Hall–Kier alpha value is -3.23. The number of nitrogens with one attached hydrogen (secondary N) is 2. The topological polar surface area (TPSA) is 98.9 Å². The molecule has 33 heavy (non-hydrogen) atoms. The lowest BCUT2D eigenvalue weighted by Gasteiger charge is -2.26. The third-order valence-electron chi connectivity index (χ3n) is 6.14. The second-order valence-corrected chi connectivity index (χ2v) is 9.30. The summed E-state index contributed by atoms with van der Waals surface area (Å²) in [5, 5.41) is 0.965. The molecule has 2 aromatic carbocycles. The van der Waals surface area contributed by atoms with E-state index in [1.807, 2.05) is 36.4 Å². The standard InChI is InChI=1S/C24H24N4O3S.CH4/c29-24-19(15-17-5-1-2-6-20(17)27-24)23-25-21-8-7-16(14-22(21)26-23)4-3-11-28-12-9-18(10-13-28)32(30)31;/h1-2,5-8,14-15H,3-4,9-13H2,(H,25,26)(H,27,29);1H4. The van der Waals surface area contributed by atoms with Crippen LogP contribution in [0.15, 0.2) is 53.3 Å². The molecule has 8 heteroatoms. The highest BCUT2D eigenvalue weighted by Crippen LogP contribution is 2.22. The third-order valence-corrected chi connectivity index (χ3v) is 7.02. The second kappa shape index (κ2) is 9.72. The summed E-state index contributed by atoms with van der Waals surface area (Å²) in [4.78, 5) is 26.4. The SMILES string of the molecule is C.O=c1[nH]c2ccccc2cc1-c1nc2ccc(CCCN3CCC(=S(=O)=O)CC3)cc2[nH]1. The summed E-state index contributed by atoms with van der Waals surface area (Å²) < 4.78 is 22.1. The van der Waals surface area contributed by atoms with Gasteiger partial charge in [0.2, 0.25) is 10.3 Å². The Bertz CT molecular complexity index is 1480. The van der Waals surface area contributed by atoms with Crippen molar-refractivity contribution in [2.24, 2.45) is 0 Å². The van der Waals surface area contributed by atoms with Crippen molar-refractivity contribution < 1.29 is 8.42 Å². The highest BCUT2D eigenvalue weighted by Gasteiger charge is 2.16. The lowest BCUT2D eigenvalue weighted by molar-refractivity contribution is 0.273. The fourth-order valence-corrected chi connectivity index (χ4v) is 4.88. The van der Waals surface area contributed by atoms with Crippen molar-refractivity contribution in [1.29, 1.82) is 0 Å². The Kier molecular flexibility index (Phi) is 6.76.